The highest BCUT2D eigenvalue weighted by Crippen LogP contribution is 2.27. The zero-order valence-electron chi connectivity index (χ0n) is 10.2. The van der Waals surface area contributed by atoms with Gasteiger partial charge in [0, 0.05) is 6.07 Å². The van der Waals surface area contributed by atoms with Crippen molar-refractivity contribution < 1.29 is 9.66 Å². The molecular formula is C14H9ClN2O3. The standard InChI is InChI=1S/C14H9ClN2O3/c15-13-5-2-6-14(17(18)19)12(13)9-20-11-4-1-3-10(7-11)8-16/h1-7H,9H2. The monoisotopic (exact) mass is 288 g/mol. The fourth-order valence-electron chi connectivity index (χ4n) is 1.67. The van der Waals surface area contributed by atoms with E-state index < -0.39 is 4.92 Å². The predicted molar refractivity (Wildman–Crippen MR) is 73.6 cm³/mol. The summed E-state index contributed by atoms with van der Waals surface area (Å²) in [5.74, 6) is 0.457. The average Bonchev–Trinajstić information content (AvgIpc) is 2.45. The first-order valence-electron chi connectivity index (χ1n) is 5.66. The zero-order chi connectivity index (χ0) is 14.5. The summed E-state index contributed by atoms with van der Waals surface area (Å²) in [6.07, 6.45) is 0. The summed E-state index contributed by atoms with van der Waals surface area (Å²) in [6.45, 7) is -0.0368. The third kappa shape index (κ3) is 3.05. The topological polar surface area (TPSA) is 76.2 Å². The second-order valence-corrected chi connectivity index (χ2v) is 4.33. The van der Waals surface area contributed by atoms with Gasteiger partial charge in [0.2, 0.25) is 0 Å². The summed E-state index contributed by atoms with van der Waals surface area (Å²) in [4.78, 5) is 10.4. The SMILES string of the molecule is N#Cc1cccc(OCc2c(Cl)cccc2[N+](=O)[O-])c1. The Kier molecular flexibility index (Phi) is 4.18. The molecule has 6 heteroatoms. The highest BCUT2D eigenvalue weighted by molar-refractivity contribution is 6.31. The first-order chi connectivity index (χ1) is 9.61. The highest BCUT2D eigenvalue weighted by atomic mass is 35.5. The van der Waals surface area contributed by atoms with Crippen LogP contribution in [-0.4, -0.2) is 4.92 Å². The largest absolute Gasteiger partial charge is 0.489 e. The Morgan fingerprint density at radius 3 is 2.75 bits per heavy atom. The summed E-state index contributed by atoms with van der Waals surface area (Å²) >= 11 is 5.96. The van der Waals surface area contributed by atoms with Crippen LogP contribution in [0, 0.1) is 21.4 Å². The van der Waals surface area contributed by atoms with Crippen molar-refractivity contribution in [2.75, 3.05) is 0 Å². The molecule has 0 aliphatic heterocycles. The van der Waals surface area contributed by atoms with Crippen LogP contribution < -0.4 is 4.74 Å². The Balaban J connectivity index is 2.23. The van der Waals surface area contributed by atoms with Gasteiger partial charge in [-0.15, -0.1) is 0 Å². The number of hydrogen-bond donors (Lipinski definition) is 0. The third-order valence-corrected chi connectivity index (χ3v) is 2.99. The molecule has 0 amide bonds. The maximum absolute atomic E-state index is 10.9. The molecule has 0 spiro atoms. The molecule has 0 saturated carbocycles. The Morgan fingerprint density at radius 2 is 2.05 bits per heavy atom. The van der Waals surface area contributed by atoms with Crippen LogP contribution in [0.15, 0.2) is 42.5 Å². The molecule has 20 heavy (non-hydrogen) atoms. The normalized spacial score (nSPS) is 9.80. The summed E-state index contributed by atoms with van der Waals surface area (Å²) < 4.78 is 5.47. The Bertz CT molecular complexity index is 695. The minimum absolute atomic E-state index is 0.0368. The van der Waals surface area contributed by atoms with E-state index in [1.807, 2.05) is 6.07 Å². The smallest absolute Gasteiger partial charge is 0.277 e. The number of benzene rings is 2. The van der Waals surface area contributed by atoms with E-state index in [4.69, 9.17) is 21.6 Å². The van der Waals surface area contributed by atoms with E-state index in [0.29, 0.717) is 16.9 Å². The first-order valence-corrected chi connectivity index (χ1v) is 6.04. The van der Waals surface area contributed by atoms with Crippen molar-refractivity contribution in [3.63, 3.8) is 0 Å². The summed E-state index contributed by atoms with van der Waals surface area (Å²) in [7, 11) is 0. The van der Waals surface area contributed by atoms with Crippen LogP contribution in [0.4, 0.5) is 5.69 Å². The van der Waals surface area contributed by atoms with Crippen LogP contribution in [0.5, 0.6) is 5.75 Å². The number of rotatable bonds is 4. The molecule has 0 bridgehead atoms. The van der Waals surface area contributed by atoms with Crippen LogP contribution in [0.2, 0.25) is 5.02 Å². The number of hydrogen-bond acceptors (Lipinski definition) is 4. The quantitative estimate of drug-likeness (QED) is 0.635. The first kappa shape index (κ1) is 13.8. The third-order valence-electron chi connectivity index (χ3n) is 2.64. The lowest BCUT2D eigenvalue weighted by molar-refractivity contribution is -0.385. The lowest BCUT2D eigenvalue weighted by atomic mass is 10.2. The molecule has 0 radical (unpaired) electrons. The molecule has 2 aromatic carbocycles. The second-order valence-electron chi connectivity index (χ2n) is 3.92. The van der Waals surface area contributed by atoms with E-state index in [2.05, 4.69) is 0 Å². The van der Waals surface area contributed by atoms with Crippen molar-refractivity contribution in [1.29, 1.82) is 5.26 Å². The lowest BCUT2D eigenvalue weighted by Crippen LogP contribution is -2.01. The molecule has 0 fully saturated rings. The van der Waals surface area contributed by atoms with E-state index in [1.165, 1.54) is 12.1 Å². The van der Waals surface area contributed by atoms with E-state index in [9.17, 15) is 10.1 Å². The maximum atomic E-state index is 10.9. The van der Waals surface area contributed by atoms with Crippen molar-refractivity contribution in [1.82, 2.24) is 0 Å². The predicted octanol–water partition coefficient (Wildman–Crippen LogP) is 3.70. The van der Waals surface area contributed by atoms with Gasteiger partial charge in [-0.25, -0.2) is 0 Å². The van der Waals surface area contributed by atoms with E-state index >= 15 is 0 Å². The van der Waals surface area contributed by atoms with Crippen molar-refractivity contribution >= 4 is 17.3 Å². The number of halogens is 1. The molecule has 5 nitrogen and oxygen atoms in total. The van der Waals surface area contributed by atoms with Gasteiger partial charge in [-0.2, -0.15) is 5.26 Å². The van der Waals surface area contributed by atoms with Gasteiger partial charge in [0.05, 0.1) is 27.1 Å². The van der Waals surface area contributed by atoms with Crippen molar-refractivity contribution in [3.05, 3.63) is 68.7 Å². The van der Waals surface area contributed by atoms with E-state index in [-0.39, 0.29) is 17.3 Å². The number of ether oxygens (including phenoxy) is 1. The van der Waals surface area contributed by atoms with Crippen LogP contribution in [0.3, 0.4) is 0 Å². The number of nitrogens with zero attached hydrogens (tertiary/aromatic N) is 2. The Morgan fingerprint density at radius 1 is 1.30 bits per heavy atom. The van der Waals surface area contributed by atoms with Gasteiger partial charge >= 0.3 is 0 Å². The maximum Gasteiger partial charge on any atom is 0.277 e. The van der Waals surface area contributed by atoms with Gasteiger partial charge in [-0.05, 0) is 24.3 Å². The van der Waals surface area contributed by atoms with Crippen molar-refractivity contribution in [2.45, 2.75) is 6.61 Å². The summed E-state index contributed by atoms with van der Waals surface area (Å²) in [5.41, 5.74) is 0.673. The molecule has 0 saturated heterocycles. The van der Waals surface area contributed by atoms with Crippen molar-refractivity contribution in [2.24, 2.45) is 0 Å². The molecule has 0 aliphatic carbocycles. The van der Waals surface area contributed by atoms with Crippen LogP contribution in [-0.2, 0) is 6.61 Å². The molecule has 2 aromatic rings. The van der Waals surface area contributed by atoms with Gasteiger partial charge < -0.3 is 4.74 Å². The summed E-state index contributed by atoms with van der Waals surface area (Å²) in [5, 5.41) is 20.0. The molecule has 0 heterocycles. The van der Waals surface area contributed by atoms with E-state index in [0.717, 1.165) is 0 Å². The van der Waals surface area contributed by atoms with Crippen LogP contribution in [0.1, 0.15) is 11.1 Å². The van der Waals surface area contributed by atoms with Crippen LogP contribution in [0.25, 0.3) is 0 Å². The van der Waals surface area contributed by atoms with Gasteiger partial charge in [-0.1, -0.05) is 23.7 Å². The van der Waals surface area contributed by atoms with Crippen LogP contribution >= 0.6 is 11.6 Å². The van der Waals surface area contributed by atoms with E-state index in [1.54, 1.807) is 30.3 Å². The van der Waals surface area contributed by atoms with Gasteiger partial charge in [-0.3, -0.25) is 10.1 Å². The number of nitriles is 1. The molecule has 0 aromatic heterocycles. The minimum Gasteiger partial charge on any atom is -0.489 e. The molecular weight excluding hydrogens is 280 g/mol. The zero-order valence-corrected chi connectivity index (χ0v) is 11.0. The Labute approximate surface area is 120 Å². The minimum atomic E-state index is -0.504. The number of nitro groups is 1. The average molecular weight is 289 g/mol. The summed E-state index contributed by atoms with van der Waals surface area (Å²) in [6, 6.07) is 13.0. The Hall–Kier alpha value is -2.58. The molecule has 100 valence electrons. The number of nitro benzene ring substituents is 1. The van der Waals surface area contributed by atoms with Gasteiger partial charge in [0.25, 0.3) is 5.69 Å². The van der Waals surface area contributed by atoms with Crippen molar-refractivity contribution in [3.8, 4) is 11.8 Å². The fraction of sp³-hybridized carbons (Fsp3) is 0.0714. The fourth-order valence-corrected chi connectivity index (χ4v) is 1.90. The second kappa shape index (κ2) is 6.04. The molecule has 0 N–H and O–H groups in total. The van der Waals surface area contributed by atoms with Gasteiger partial charge in [0.1, 0.15) is 12.4 Å². The molecule has 0 unspecified atom stereocenters. The molecule has 2 rings (SSSR count). The highest BCUT2D eigenvalue weighted by Gasteiger charge is 2.17. The lowest BCUT2D eigenvalue weighted by Gasteiger charge is -2.08. The molecule has 0 aliphatic rings. The molecule has 0 atom stereocenters. The van der Waals surface area contributed by atoms with Gasteiger partial charge in [0.15, 0.2) is 0 Å².